The van der Waals surface area contributed by atoms with Crippen molar-refractivity contribution in [3.8, 4) is 0 Å². The van der Waals surface area contributed by atoms with Gasteiger partial charge in [-0.3, -0.25) is 4.79 Å². The maximum atomic E-state index is 13.4. The van der Waals surface area contributed by atoms with Gasteiger partial charge in [-0.25, -0.2) is 4.39 Å². The largest absolute Gasteiger partial charge is 0.300 e. The van der Waals surface area contributed by atoms with Crippen molar-refractivity contribution in [2.75, 3.05) is 11.1 Å². The number of aromatic nitrogens is 2. The Morgan fingerprint density at radius 3 is 2.95 bits per heavy atom. The van der Waals surface area contributed by atoms with E-state index in [9.17, 15) is 9.18 Å². The second kappa shape index (κ2) is 7.35. The van der Waals surface area contributed by atoms with Crippen LogP contribution < -0.4 is 5.32 Å². The topological polar surface area (TPSA) is 54.9 Å². The lowest BCUT2D eigenvalue weighted by Crippen LogP contribution is -2.15. The molecule has 7 heteroatoms. The first-order chi connectivity index (χ1) is 9.69. The monoisotopic (exact) mass is 311 g/mol. The Bertz CT molecular complexity index is 589. The van der Waals surface area contributed by atoms with Crippen LogP contribution in [0.25, 0.3) is 0 Å². The molecule has 4 nitrogen and oxygen atoms in total. The minimum atomic E-state index is -0.376. The van der Waals surface area contributed by atoms with E-state index >= 15 is 0 Å². The quantitative estimate of drug-likeness (QED) is 0.656. The SMILES string of the molecule is CCCSc1nnc(NC(=O)Cc2ccccc2F)s1. The Hall–Kier alpha value is -1.47. The summed E-state index contributed by atoms with van der Waals surface area (Å²) in [6.07, 6.45) is 1.04. The van der Waals surface area contributed by atoms with Gasteiger partial charge in [-0.15, -0.1) is 10.2 Å². The van der Waals surface area contributed by atoms with Crippen LogP contribution >= 0.6 is 23.1 Å². The fraction of sp³-hybridized carbons (Fsp3) is 0.308. The number of hydrogen-bond acceptors (Lipinski definition) is 5. The lowest BCUT2D eigenvalue weighted by Gasteiger charge is -2.02. The average Bonchev–Trinajstić information content (AvgIpc) is 2.86. The highest BCUT2D eigenvalue weighted by molar-refractivity contribution is 8.01. The summed E-state index contributed by atoms with van der Waals surface area (Å²) in [6.45, 7) is 2.09. The minimum absolute atomic E-state index is 0.0102. The van der Waals surface area contributed by atoms with Gasteiger partial charge in [-0.1, -0.05) is 48.2 Å². The Labute approximate surface area is 124 Å². The van der Waals surface area contributed by atoms with Crippen molar-refractivity contribution in [2.24, 2.45) is 0 Å². The van der Waals surface area contributed by atoms with E-state index in [2.05, 4.69) is 22.4 Å². The van der Waals surface area contributed by atoms with E-state index in [4.69, 9.17) is 0 Å². The van der Waals surface area contributed by atoms with Gasteiger partial charge in [0.05, 0.1) is 6.42 Å². The number of benzene rings is 1. The first-order valence-electron chi connectivity index (χ1n) is 6.18. The number of rotatable bonds is 6. The summed E-state index contributed by atoms with van der Waals surface area (Å²) in [6, 6.07) is 6.24. The van der Waals surface area contributed by atoms with E-state index in [1.54, 1.807) is 30.0 Å². The van der Waals surface area contributed by atoms with Gasteiger partial charge < -0.3 is 5.32 Å². The number of halogens is 1. The van der Waals surface area contributed by atoms with Gasteiger partial charge in [0.1, 0.15) is 5.82 Å². The molecule has 0 aliphatic carbocycles. The number of nitrogens with one attached hydrogen (secondary N) is 1. The van der Waals surface area contributed by atoms with Crippen LogP contribution in [-0.4, -0.2) is 21.9 Å². The van der Waals surface area contributed by atoms with E-state index in [-0.39, 0.29) is 18.1 Å². The molecule has 0 fully saturated rings. The standard InChI is InChI=1S/C13H14FN3OS2/c1-2-7-19-13-17-16-12(20-13)15-11(18)8-9-5-3-4-6-10(9)14/h3-6H,2,7-8H2,1H3,(H,15,16,18). The minimum Gasteiger partial charge on any atom is -0.300 e. The smallest absolute Gasteiger partial charge is 0.230 e. The Morgan fingerprint density at radius 2 is 2.20 bits per heavy atom. The van der Waals surface area contributed by atoms with Crippen molar-refractivity contribution in [3.63, 3.8) is 0 Å². The number of amides is 1. The van der Waals surface area contributed by atoms with Crippen LogP contribution in [0.5, 0.6) is 0 Å². The fourth-order valence-electron chi connectivity index (χ4n) is 1.49. The van der Waals surface area contributed by atoms with Crippen LogP contribution in [0.15, 0.2) is 28.6 Å². The van der Waals surface area contributed by atoms with E-state index < -0.39 is 0 Å². The number of anilines is 1. The summed E-state index contributed by atoms with van der Waals surface area (Å²) in [4.78, 5) is 11.8. The fourth-order valence-corrected chi connectivity index (χ4v) is 3.18. The molecule has 0 unspecified atom stereocenters. The molecule has 0 aliphatic heterocycles. The third kappa shape index (κ3) is 4.28. The first kappa shape index (κ1) is 14.9. The van der Waals surface area contributed by atoms with Crippen molar-refractivity contribution in [1.82, 2.24) is 10.2 Å². The predicted molar refractivity (Wildman–Crippen MR) is 79.7 cm³/mol. The normalized spacial score (nSPS) is 10.5. The highest BCUT2D eigenvalue weighted by Crippen LogP contribution is 2.25. The van der Waals surface area contributed by atoms with Gasteiger partial charge in [-0.2, -0.15) is 0 Å². The highest BCUT2D eigenvalue weighted by atomic mass is 32.2. The van der Waals surface area contributed by atoms with Crippen molar-refractivity contribution < 1.29 is 9.18 Å². The molecule has 1 amide bonds. The summed E-state index contributed by atoms with van der Waals surface area (Å²) in [7, 11) is 0. The summed E-state index contributed by atoms with van der Waals surface area (Å²) in [5.74, 6) is 0.301. The molecule has 0 radical (unpaired) electrons. The van der Waals surface area contributed by atoms with Crippen LogP contribution in [-0.2, 0) is 11.2 Å². The zero-order chi connectivity index (χ0) is 14.4. The summed E-state index contributed by atoms with van der Waals surface area (Å²) >= 11 is 2.94. The maximum absolute atomic E-state index is 13.4. The van der Waals surface area contributed by atoms with Crippen molar-refractivity contribution in [3.05, 3.63) is 35.6 Å². The lowest BCUT2D eigenvalue weighted by molar-refractivity contribution is -0.115. The van der Waals surface area contributed by atoms with Gasteiger partial charge in [0.15, 0.2) is 4.34 Å². The Balaban J connectivity index is 1.91. The Morgan fingerprint density at radius 1 is 1.40 bits per heavy atom. The summed E-state index contributed by atoms with van der Waals surface area (Å²) in [5.41, 5.74) is 0.370. The molecule has 0 bridgehead atoms. The third-order valence-corrected chi connectivity index (χ3v) is 4.57. The van der Waals surface area contributed by atoms with Gasteiger partial charge in [0, 0.05) is 5.75 Å². The molecular formula is C13H14FN3OS2. The zero-order valence-electron chi connectivity index (χ0n) is 10.9. The molecular weight excluding hydrogens is 297 g/mol. The first-order valence-corrected chi connectivity index (χ1v) is 7.99. The van der Waals surface area contributed by atoms with Crippen LogP contribution in [0, 0.1) is 5.82 Å². The van der Waals surface area contributed by atoms with Crippen molar-refractivity contribution in [2.45, 2.75) is 24.1 Å². The molecule has 1 aromatic heterocycles. The highest BCUT2D eigenvalue weighted by Gasteiger charge is 2.11. The van der Waals surface area contributed by atoms with E-state index in [1.807, 2.05) is 0 Å². The van der Waals surface area contributed by atoms with Crippen LogP contribution in [0.1, 0.15) is 18.9 Å². The van der Waals surface area contributed by atoms with Gasteiger partial charge >= 0.3 is 0 Å². The number of nitrogens with zero attached hydrogens (tertiary/aromatic N) is 2. The molecule has 106 valence electrons. The average molecular weight is 311 g/mol. The van der Waals surface area contributed by atoms with Crippen LogP contribution in [0.2, 0.25) is 0 Å². The second-order valence-corrected chi connectivity index (χ2v) is 6.36. The molecule has 2 aromatic rings. The zero-order valence-corrected chi connectivity index (χ0v) is 12.6. The molecule has 1 aromatic carbocycles. The van der Waals surface area contributed by atoms with Crippen LogP contribution in [0.4, 0.5) is 9.52 Å². The van der Waals surface area contributed by atoms with E-state index in [1.165, 1.54) is 17.4 Å². The van der Waals surface area contributed by atoms with Gasteiger partial charge in [-0.05, 0) is 18.1 Å². The molecule has 0 saturated heterocycles. The summed E-state index contributed by atoms with van der Waals surface area (Å²) < 4.78 is 14.3. The van der Waals surface area contributed by atoms with E-state index in [0.717, 1.165) is 16.5 Å². The number of carbonyl (C=O) groups excluding carboxylic acids is 1. The molecule has 1 heterocycles. The number of thioether (sulfide) groups is 1. The van der Waals surface area contributed by atoms with Gasteiger partial charge in [0.25, 0.3) is 0 Å². The number of hydrogen-bond donors (Lipinski definition) is 1. The predicted octanol–water partition coefficient (Wildman–Crippen LogP) is 3.36. The molecule has 20 heavy (non-hydrogen) atoms. The van der Waals surface area contributed by atoms with Gasteiger partial charge in [0.2, 0.25) is 11.0 Å². The van der Waals surface area contributed by atoms with E-state index in [0.29, 0.717) is 10.7 Å². The van der Waals surface area contributed by atoms with Crippen molar-refractivity contribution >= 4 is 34.1 Å². The lowest BCUT2D eigenvalue weighted by atomic mass is 10.1. The van der Waals surface area contributed by atoms with Crippen molar-refractivity contribution in [1.29, 1.82) is 0 Å². The maximum Gasteiger partial charge on any atom is 0.230 e. The molecule has 0 spiro atoms. The summed E-state index contributed by atoms with van der Waals surface area (Å²) in [5, 5.41) is 11.0. The molecule has 0 aliphatic rings. The number of carbonyl (C=O) groups is 1. The molecule has 1 N–H and O–H groups in total. The van der Waals surface area contributed by atoms with Crippen LogP contribution in [0.3, 0.4) is 0 Å². The second-order valence-electron chi connectivity index (χ2n) is 4.04. The Kier molecular flexibility index (Phi) is 5.49. The molecule has 0 saturated carbocycles. The molecule has 0 atom stereocenters. The third-order valence-electron chi connectivity index (χ3n) is 2.39. The molecule has 2 rings (SSSR count).